The highest BCUT2D eigenvalue weighted by atomic mass is 32.1. The number of thiazole rings is 1. The zero-order valence-electron chi connectivity index (χ0n) is 12.3. The van der Waals surface area contributed by atoms with Crippen LogP contribution in [0.2, 0.25) is 0 Å². The van der Waals surface area contributed by atoms with Gasteiger partial charge in [-0.2, -0.15) is 0 Å². The normalized spacial score (nSPS) is 10.7. The lowest BCUT2D eigenvalue weighted by Gasteiger charge is -2.20. The summed E-state index contributed by atoms with van der Waals surface area (Å²) in [6, 6.07) is 7.28. The maximum Gasteiger partial charge on any atom is 0.254 e. The van der Waals surface area contributed by atoms with E-state index in [0.29, 0.717) is 17.9 Å². The first-order valence-electron chi connectivity index (χ1n) is 7.16. The highest BCUT2D eigenvalue weighted by Crippen LogP contribution is 2.18. The number of nitrogens with one attached hydrogen (secondary N) is 1. The second-order valence-corrected chi connectivity index (χ2v) is 5.87. The molecule has 0 unspecified atom stereocenters. The Balaban J connectivity index is 1.83. The van der Waals surface area contributed by atoms with Crippen LogP contribution in [0, 0.1) is 0 Å². The third kappa shape index (κ3) is 3.64. The number of aliphatic hydroxyl groups is 1. The number of H-pyrrole nitrogens is 1. The Labute approximate surface area is 137 Å². The van der Waals surface area contributed by atoms with E-state index in [1.165, 1.54) is 11.3 Å². The molecular weight excluding hydrogens is 312 g/mol. The van der Waals surface area contributed by atoms with E-state index >= 15 is 0 Å². The Morgan fingerprint density at radius 1 is 1.30 bits per heavy atom. The quantitative estimate of drug-likeness (QED) is 0.726. The van der Waals surface area contributed by atoms with Crippen molar-refractivity contribution in [3.8, 4) is 11.4 Å². The van der Waals surface area contributed by atoms with Gasteiger partial charge in [-0.25, -0.2) is 9.97 Å². The van der Waals surface area contributed by atoms with Crippen molar-refractivity contribution in [3.05, 3.63) is 58.8 Å². The molecular formula is C16H16N4O2S. The van der Waals surface area contributed by atoms with Crippen molar-refractivity contribution in [2.75, 3.05) is 13.2 Å². The number of nitrogens with zero attached hydrogens (tertiary/aromatic N) is 3. The van der Waals surface area contributed by atoms with Gasteiger partial charge < -0.3 is 15.0 Å². The Morgan fingerprint density at radius 2 is 2.22 bits per heavy atom. The average Bonchev–Trinajstić information content (AvgIpc) is 3.27. The van der Waals surface area contributed by atoms with Gasteiger partial charge in [0.05, 0.1) is 13.2 Å². The molecule has 0 saturated carbocycles. The molecule has 0 radical (unpaired) electrons. The molecule has 0 bridgehead atoms. The van der Waals surface area contributed by atoms with Crippen LogP contribution in [-0.2, 0) is 6.54 Å². The largest absolute Gasteiger partial charge is 0.395 e. The van der Waals surface area contributed by atoms with Crippen LogP contribution < -0.4 is 0 Å². The molecule has 118 valence electrons. The zero-order valence-corrected chi connectivity index (χ0v) is 13.2. The molecule has 0 atom stereocenters. The number of carbonyl (C=O) groups excluding carboxylic acids is 1. The standard InChI is InChI=1S/C16H16N4O2S/c21-8-7-20(11-14-17-6-9-23-14)16(22)13-3-1-2-12(10-13)15-18-4-5-19-15/h1-6,9-10,21H,7-8,11H2,(H,18,19). The van der Waals surface area contributed by atoms with Gasteiger partial charge in [-0.15, -0.1) is 11.3 Å². The number of aromatic amines is 1. The predicted molar refractivity (Wildman–Crippen MR) is 88.0 cm³/mol. The fraction of sp³-hybridized carbons (Fsp3) is 0.188. The van der Waals surface area contributed by atoms with Gasteiger partial charge in [0.2, 0.25) is 0 Å². The maximum absolute atomic E-state index is 12.7. The minimum absolute atomic E-state index is 0.0883. The van der Waals surface area contributed by atoms with Crippen LogP contribution in [-0.4, -0.2) is 44.0 Å². The summed E-state index contributed by atoms with van der Waals surface area (Å²) in [5, 5.41) is 12.0. The summed E-state index contributed by atoms with van der Waals surface area (Å²) >= 11 is 1.49. The molecule has 0 aliphatic rings. The van der Waals surface area contributed by atoms with E-state index in [1.807, 2.05) is 17.5 Å². The van der Waals surface area contributed by atoms with Gasteiger partial charge in [-0.05, 0) is 12.1 Å². The SMILES string of the molecule is O=C(c1cccc(-c2ncc[nH]2)c1)N(CCO)Cc1nccs1. The third-order valence-electron chi connectivity index (χ3n) is 3.35. The second kappa shape index (κ2) is 7.17. The second-order valence-electron chi connectivity index (χ2n) is 4.89. The van der Waals surface area contributed by atoms with Crippen molar-refractivity contribution >= 4 is 17.2 Å². The van der Waals surface area contributed by atoms with Crippen molar-refractivity contribution in [2.24, 2.45) is 0 Å². The lowest BCUT2D eigenvalue weighted by molar-refractivity contribution is 0.0707. The summed E-state index contributed by atoms with van der Waals surface area (Å²) in [4.78, 5) is 25.8. The lowest BCUT2D eigenvalue weighted by atomic mass is 10.1. The number of benzene rings is 1. The number of hydrogen-bond donors (Lipinski definition) is 2. The van der Waals surface area contributed by atoms with E-state index in [2.05, 4.69) is 15.0 Å². The molecule has 1 aromatic carbocycles. The topological polar surface area (TPSA) is 82.1 Å². The molecule has 7 heteroatoms. The van der Waals surface area contributed by atoms with Gasteiger partial charge in [0.1, 0.15) is 10.8 Å². The summed E-state index contributed by atoms with van der Waals surface area (Å²) < 4.78 is 0. The molecule has 6 nitrogen and oxygen atoms in total. The molecule has 3 aromatic rings. The minimum atomic E-state index is -0.136. The van der Waals surface area contributed by atoms with Crippen LogP contribution in [0.4, 0.5) is 0 Å². The van der Waals surface area contributed by atoms with Crippen molar-refractivity contribution in [1.82, 2.24) is 19.9 Å². The Morgan fingerprint density at radius 3 is 2.91 bits per heavy atom. The first-order valence-corrected chi connectivity index (χ1v) is 8.04. The number of aliphatic hydroxyl groups excluding tert-OH is 1. The molecule has 0 fully saturated rings. The number of aromatic nitrogens is 3. The van der Waals surface area contributed by atoms with Crippen LogP contribution in [0.3, 0.4) is 0 Å². The summed E-state index contributed by atoms with van der Waals surface area (Å²) in [5.41, 5.74) is 1.41. The molecule has 2 N–H and O–H groups in total. The molecule has 23 heavy (non-hydrogen) atoms. The van der Waals surface area contributed by atoms with Gasteiger partial charge >= 0.3 is 0 Å². The predicted octanol–water partition coefficient (Wildman–Crippen LogP) is 2.17. The van der Waals surface area contributed by atoms with E-state index in [-0.39, 0.29) is 19.1 Å². The molecule has 1 amide bonds. The number of imidazole rings is 1. The Bertz CT molecular complexity index is 756. The number of rotatable bonds is 6. The van der Waals surface area contributed by atoms with E-state index in [9.17, 15) is 9.90 Å². The fourth-order valence-corrected chi connectivity index (χ4v) is 2.90. The van der Waals surface area contributed by atoms with Gasteiger partial charge in [-0.3, -0.25) is 4.79 Å². The van der Waals surface area contributed by atoms with Crippen molar-refractivity contribution < 1.29 is 9.90 Å². The fourth-order valence-electron chi connectivity index (χ4n) is 2.27. The zero-order chi connectivity index (χ0) is 16.1. The average molecular weight is 328 g/mol. The molecule has 0 aliphatic carbocycles. The van der Waals surface area contributed by atoms with Gasteiger partial charge in [-0.1, -0.05) is 12.1 Å². The van der Waals surface area contributed by atoms with Gasteiger partial charge in [0.25, 0.3) is 5.91 Å². The van der Waals surface area contributed by atoms with Gasteiger partial charge in [0.15, 0.2) is 0 Å². The van der Waals surface area contributed by atoms with Crippen LogP contribution in [0.25, 0.3) is 11.4 Å². The van der Waals surface area contributed by atoms with Crippen LogP contribution in [0.1, 0.15) is 15.4 Å². The summed E-state index contributed by atoms with van der Waals surface area (Å²) in [7, 11) is 0. The Kier molecular flexibility index (Phi) is 4.80. The highest BCUT2D eigenvalue weighted by molar-refractivity contribution is 7.09. The van der Waals surface area contributed by atoms with E-state index < -0.39 is 0 Å². The monoisotopic (exact) mass is 328 g/mol. The van der Waals surface area contributed by atoms with E-state index in [1.54, 1.807) is 35.6 Å². The Hall–Kier alpha value is -2.51. The molecule has 3 rings (SSSR count). The molecule has 0 spiro atoms. The summed E-state index contributed by atoms with van der Waals surface area (Å²) in [6.07, 6.45) is 5.12. The summed E-state index contributed by atoms with van der Waals surface area (Å²) in [6.45, 7) is 0.570. The van der Waals surface area contributed by atoms with Crippen molar-refractivity contribution in [1.29, 1.82) is 0 Å². The molecule has 0 saturated heterocycles. The van der Waals surface area contributed by atoms with Crippen LogP contribution >= 0.6 is 11.3 Å². The molecule has 0 aliphatic heterocycles. The highest BCUT2D eigenvalue weighted by Gasteiger charge is 2.17. The molecule has 2 aromatic heterocycles. The minimum Gasteiger partial charge on any atom is -0.395 e. The van der Waals surface area contributed by atoms with Crippen molar-refractivity contribution in [3.63, 3.8) is 0 Å². The van der Waals surface area contributed by atoms with Crippen LogP contribution in [0.15, 0.2) is 48.2 Å². The maximum atomic E-state index is 12.7. The van der Waals surface area contributed by atoms with Crippen LogP contribution in [0.5, 0.6) is 0 Å². The first-order chi connectivity index (χ1) is 11.3. The van der Waals surface area contributed by atoms with Gasteiger partial charge in [0, 0.05) is 41.6 Å². The number of amides is 1. The third-order valence-corrected chi connectivity index (χ3v) is 4.11. The van der Waals surface area contributed by atoms with Crippen molar-refractivity contribution in [2.45, 2.75) is 6.54 Å². The smallest absolute Gasteiger partial charge is 0.254 e. The summed E-state index contributed by atoms with van der Waals surface area (Å²) in [5.74, 6) is 0.580. The number of carbonyl (C=O) groups is 1. The van der Waals surface area contributed by atoms with E-state index in [0.717, 1.165) is 10.6 Å². The molecule has 2 heterocycles. The first kappa shape index (κ1) is 15.4. The van der Waals surface area contributed by atoms with E-state index in [4.69, 9.17) is 0 Å². The number of hydrogen-bond acceptors (Lipinski definition) is 5. The lowest BCUT2D eigenvalue weighted by Crippen LogP contribution is -2.33.